The molecule has 16 heavy (non-hydrogen) atoms. The van der Waals surface area contributed by atoms with Gasteiger partial charge in [-0.25, -0.2) is 0 Å². The number of carboxylic acid groups (broad SMARTS) is 1. The van der Waals surface area contributed by atoms with E-state index in [1.54, 1.807) is 0 Å². The van der Waals surface area contributed by atoms with Crippen LogP contribution in [0, 0.1) is 10.1 Å². The number of ether oxygens (including phenoxy) is 1. The van der Waals surface area contributed by atoms with Crippen molar-refractivity contribution in [1.82, 2.24) is 0 Å². The van der Waals surface area contributed by atoms with Gasteiger partial charge in [0, 0.05) is 5.56 Å². The first-order valence-electron chi connectivity index (χ1n) is 4.52. The van der Waals surface area contributed by atoms with Gasteiger partial charge in [0.05, 0.1) is 24.0 Å². The molecule has 0 amide bonds. The van der Waals surface area contributed by atoms with Crippen molar-refractivity contribution in [2.45, 2.75) is 12.8 Å². The Kier molecular flexibility index (Phi) is 3.44. The van der Waals surface area contributed by atoms with Crippen LogP contribution in [0.3, 0.4) is 0 Å². The lowest BCUT2D eigenvalue weighted by Gasteiger charge is -2.08. The predicted octanol–water partition coefficient (Wildman–Crippen LogP) is 1.79. The van der Waals surface area contributed by atoms with Crippen molar-refractivity contribution in [1.29, 1.82) is 0 Å². The monoisotopic (exact) mass is 225 g/mol. The van der Waals surface area contributed by atoms with Crippen molar-refractivity contribution in [3.05, 3.63) is 33.9 Å². The highest BCUT2D eigenvalue weighted by Crippen LogP contribution is 2.30. The Balaban J connectivity index is 3.28. The van der Waals surface area contributed by atoms with Gasteiger partial charge in [-0.15, -0.1) is 0 Å². The Morgan fingerprint density at radius 3 is 2.62 bits per heavy atom. The van der Waals surface area contributed by atoms with Gasteiger partial charge in [-0.1, -0.05) is 0 Å². The first-order chi connectivity index (χ1) is 7.47. The first-order valence-corrected chi connectivity index (χ1v) is 4.52. The van der Waals surface area contributed by atoms with Crippen LogP contribution in [0.5, 0.6) is 5.75 Å². The van der Waals surface area contributed by atoms with Crippen LogP contribution in [-0.2, 0) is 4.79 Å². The lowest BCUT2D eigenvalue weighted by Crippen LogP contribution is -2.09. The lowest BCUT2D eigenvalue weighted by atomic mass is 9.99. The van der Waals surface area contributed by atoms with Crippen molar-refractivity contribution >= 4 is 11.7 Å². The van der Waals surface area contributed by atoms with Crippen LogP contribution in [-0.4, -0.2) is 23.1 Å². The Labute approximate surface area is 91.6 Å². The molecule has 0 aliphatic heterocycles. The van der Waals surface area contributed by atoms with E-state index in [0.717, 1.165) is 0 Å². The number of carboxylic acids is 1. The van der Waals surface area contributed by atoms with Gasteiger partial charge >= 0.3 is 5.97 Å². The molecule has 1 atom stereocenters. The zero-order chi connectivity index (χ0) is 12.3. The van der Waals surface area contributed by atoms with Crippen molar-refractivity contribution in [2.24, 2.45) is 0 Å². The van der Waals surface area contributed by atoms with Crippen LogP contribution < -0.4 is 4.74 Å². The average molecular weight is 225 g/mol. The summed E-state index contributed by atoms with van der Waals surface area (Å²) >= 11 is 0. The largest absolute Gasteiger partial charge is 0.497 e. The van der Waals surface area contributed by atoms with E-state index in [9.17, 15) is 14.9 Å². The molecule has 0 bridgehead atoms. The van der Waals surface area contributed by atoms with Crippen molar-refractivity contribution in [2.75, 3.05) is 7.11 Å². The molecule has 6 heteroatoms. The summed E-state index contributed by atoms with van der Waals surface area (Å²) < 4.78 is 4.85. The summed E-state index contributed by atoms with van der Waals surface area (Å²) in [6.45, 7) is 1.40. The smallest absolute Gasteiger partial charge is 0.310 e. The minimum Gasteiger partial charge on any atom is -0.497 e. The normalized spacial score (nSPS) is 11.9. The number of hydrogen-bond donors (Lipinski definition) is 1. The summed E-state index contributed by atoms with van der Waals surface area (Å²) in [6, 6.07) is 4.12. The van der Waals surface area contributed by atoms with E-state index in [1.165, 1.54) is 32.2 Å². The number of carbonyl (C=O) groups is 1. The summed E-state index contributed by atoms with van der Waals surface area (Å²) in [5.74, 6) is -1.70. The molecule has 0 spiro atoms. The van der Waals surface area contributed by atoms with E-state index >= 15 is 0 Å². The molecule has 1 aromatic carbocycles. The zero-order valence-corrected chi connectivity index (χ0v) is 8.84. The molecule has 0 aromatic heterocycles. The zero-order valence-electron chi connectivity index (χ0n) is 8.84. The minimum absolute atomic E-state index is 0.165. The number of benzene rings is 1. The second-order valence-electron chi connectivity index (χ2n) is 3.24. The van der Waals surface area contributed by atoms with Crippen LogP contribution in [0.1, 0.15) is 18.4 Å². The summed E-state index contributed by atoms with van der Waals surface area (Å²) in [5.41, 5.74) is -0.0763. The summed E-state index contributed by atoms with van der Waals surface area (Å²) in [7, 11) is 1.39. The molecule has 0 saturated carbocycles. The van der Waals surface area contributed by atoms with E-state index in [0.29, 0.717) is 5.75 Å². The van der Waals surface area contributed by atoms with E-state index in [1.807, 2.05) is 0 Å². The van der Waals surface area contributed by atoms with E-state index in [-0.39, 0.29) is 11.3 Å². The molecule has 0 heterocycles. The van der Waals surface area contributed by atoms with Gasteiger partial charge in [0.2, 0.25) is 0 Å². The molecule has 0 fully saturated rings. The molecule has 1 unspecified atom stereocenters. The fourth-order valence-corrected chi connectivity index (χ4v) is 1.31. The maximum atomic E-state index is 10.8. The minimum atomic E-state index is -1.10. The number of hydrogen-bond acceptors (Lipinski definition) is 4. The topological polar surface area (TPSA) is 89.7 Å². The fraction of sp³-hybridized carbons (Fsp3) is 0.300. The van der Waals surface area contributed by atoms with Crippen LogP contribution in [0.25, 0.3) is 0 Å². The van der Waals surface area contributed by atoms with E-state index < -0.39 is 16.8 Å². The van der Waals surface area contributed by atoms with Gasteiger partial charge in [0.25, 0.3) is 5.69 Å². The average Bonchev–Trinajstić information content (AvgIpc) is 2.26. The Hall–Kier alpha value is -2.11. The quantitative estimate of drug-likeness (QED) is 0.623. The third-order valence-corrected chi connectivity index (χ3v) is 2.27. The van der Waals surface area contributed by atoms with Gasteiger partial charge in [-0.05, 0) is 19.1 Å². The molecule has 0 saturated heterocycles. The number of methoxy groups -OCH3 is 1. The second-order valence-corrected chi connectivity index (χ2v) is 3.24. The summed E-state index contributed by atoms with van der Waals surface area (Å²) in [5, 5.41) is 19.6. The molecule has 86 valence electrons. The Morgan fingerprint density at radius 2 is 2.19 bits per heavy atom. The van der Waals surface area contributed by atoms with Crippen LogP contribution in [0.4, 0.5) is 5.69 Å². The Bertz CT molecular complexity index is 429. The van der Waals surface area contributed by atoms with Gasteiger partial charge in [-0.3, -0.25) is 14.9 Å². The highest BCUT2D eigenvalue weighted by molar-refractivity contribution is 5.77. The van der Waals surface area contributed by atoms with E-state index in [4.69, 9.17) is 9.84 Å². The standard InChI is InChI=1S/C10H11NO5/c1-6(10(12)13)8-4-3-7(16-2)5-9(8)11(14)15/h3-6H,1-2H3,(H,12,13). The number of nitro groups is 1. The second kappa shape index (κ2) is 4.61. The molecule has 1 aromatic rings. The number of nitrogens with zero attached hydrogens (tertiary/aromatic N) is 1. The molecule has 1 rings (SSSR count). The molecule has 0 aliphatic carbocycles. The third kappa shape index (κ3) is 2.28. The molecular weight excluding hydrogens is 214 g/mol. The van der Waals surface area contributed by atoms with Crippen molar-refractivity contribution in [3.8, 4) is 5.75 Å². The third-order valence-electron chi connectivity index (χ3n) is 2.27. The molecule has 0 aliphatic rings. The van der Waals surface area contributed by atoms with Crippen molar-refractivity contribution < 1.29 is 19.6 Å². The lowest BCUT2D eigenvalue weighted by molar-refractivity contribution is -0.385. The molecule has 0 radical (unpaired) electrons. The van der Waals surface area contributed by atoms with Crippen LogP contribution >= 0.6 is 0 Å². The molecule has 1 N–H and O–H groups in total. The van der Waals surface area contributed by atoms with Gasteiger partial charge in [0.15, 0.2) is 0 Å². The van der Waals surface area contributed by atoms with Crippen LogP contribution in [0.15, 0.2) is 18.2 Å². The van der Waals surface area contributed by atoms with Gasteiger partial charge in [0.1, 0.15) is 5.75 Å². The maximum Gasteiger partial charge on any atom is 0.310 e. The number of nitro benzene ring substituents is 1. The number of rotatable bonds is 4. The van der Waals surface area contributed by atoms with E-state index in [2.05, 4.69) is 0 Å². The SMILES string of the molecule is COc1ccc(C(C)C(=O)O)c([N+](=O)[O-])c1. The highest BCUT2D eigenvalue weighted by Gasteiger charge is 2.24. The predicted molar refractivity (Wildman–Crippen MR) is 55.7 cm³/mol. The fourth-order valence-electron chi connectivity index (χ4n) is 1.31. The first kappa shape index (κ1) is 12.0. The highest BCUT2D eigenvalue weighted by atomic mass is 16.6. The van der Waals surface area contributed by atoms with Crippen LogP contribution in [0.2, 0.25) is 0 Å². The van der Waals surface area contributed by atoms with Gasteiger partial charge < -0.3 is 9.84 Å². The summed E-state index contributed by atoms with van der Waals surface area (Å²) in [6.07, 6.45) is 0. The summed E-state index contributed by atoms with van der Waals surface area (Å²) in [4.78, 5) is 20.9. The molecular formula is C10H11NO5. The number of aliphatic carboxylic acids is 1. The van der Waals surface area contributed by atoms with Gasteiger partial charge in [-0.2, -0.15) is 0 Å². The molecule has 6 nitrogen and oxygen atoms in total. The maximum absolute atomic E-state index is 10.8. The van der Waals surface area contributed by atoms with Crippen molar-refractivity contribution in [3.63, 3.8) is 0 Å². The Morgan fingerprint density at radius 1 is 1.56 bits per heavy atom.